The van der Waals surface area contributed by atoms with Crippen LogP contribution in [0, 0.1) is 13.8 Å². The molecular weight excluding hydrogens is 318 g/mol. The fraction of sp³-hybridized carbons (Fsp3) is 0.200. The van der Waals surface area contributed by atoms with Crippen molar-refractivity contribution in [2.45, 2.75) is 13.8 Å². The van der Waals surface area contributed by atoms with Gasteiger partial charge in [0.25, 0.3) is 5.91 Å². The molecule has 2 aromatic carbocycles. The molecule has 0 saturated heterocycles. The summed E-state index contributed by atoms with van der Waals surface area (Å²) in [4.78, 5) is 23.7. The highest BCUT2D eigenvalue weighted by Gasteiger charge is 2.09. The summed E-state index contributed by atoms with van der Waals surface area (Å²) < 4.78 is 10.2. The van der Waals surface area contributed by atoms with E-state index in [9.17, 15) is 9.59 Å². The van der Waals surface area contributed by atoms with E-state index in [0.29, 0.717) is 11.4 Å². The number of hydrogen-bond donors (Lipinski definition) is 1. The second kappa shape index (κ2) is 8.68. The van der Waals surface area contributed by atoms with Gasteiger partial charge in [0.2, 0.25) is 0 Å². The van der Waals surface area contributed by atoms with Gasteiger partial charge in [0.05, 0.1) is 12.8 Å². The van der Waals surface area contributed by atoms with Crippen molar-refractivity contribution in [3.05, 3.63) is 65.2 Å². The Balaban J connectivity index is 1.89. The fourth-order valence-corrected chi connectivity index (χ4v) is 2.22. The number of methoxy groups -OCH3 is 1. The summed E-state index contributed by atoms with van der Waals surface area (Å²) in [7, 11) is 1.52. The molecule has 130 valence electrons. The van der Waals surface area contributed by atoms with Crippen LogP contribution in [0.1, 0.15) is 16.7 Å². The van der Waals surface area contributed by atoms with Gasteiger partial charge in [-0.1, -0.05) is 30.3 Å². The molecule has 0 atom stereocenters. The summed E-state index contributed by atoms with van der Waals surface area (Å²) in [5.41, 5.74) is 3.50. The molecule has 5 nitrogen and oxygen atoms in total. The smallest absolute Gasteiger partial charge is 0.331 e. The molecule has 0 radical (unpaired) electrons. The minimum atomic E-state index is -0.574. The number of anilines is 1. The van der Waals surface area contributed by atoms with Crippen LogP contribution in [0.2, 0.25) is 0 Å². The van der Waals surface area contributed by atoms with Gasteiger partial charge in [-0.05, 0) is 48.7 Å². The number of ether oxygens (including phenoxy) is 2. The highest BCUT2D eigenvalue weighted by Crippen LogP contribution is 2.25. The van der Waals surface area contributed by atoms with Crippen molar-refractivity contribution in [1.29, 1.82) is 0 Å². The van der Waals surface area contributed by atoms with E-state index in [2.05, 4.69) is 5.32 Å². The Kier molecular flexibility index (Phi) is 6.34. The second-order valence-corrected chi connectivity index (χ2v) is 5.55. The van der Waals surface area contributed by atoms with E-state index in [0.717, 1.165) is 16.7 Å². The predicted molar refractivity (Wildman–Crippen MR) is 97.5 cm³/mol. The molecule has 0 aromatic heterocycles. The first-order valence-corrected chi connectivity index (χ1v) is 7.84. The highest BCUT2D eigenvalue weighted by atomic mass is 16.5. The lowest BCUT2D eigenvalue weighted by Crippen LogP contribution is -2.20. The van der Waals surface area contributed by atoms with Gasteiger partial charge in [-0.2, -0.15) is 0 Å². The maximum Gasteiger partial charge on any atom is 0.331 e. The Morgan fingerprint density at radius 3 is 2.60 bits per heavy atom. The molecule has 0 saturated carbocycles. The lowest BCUT2D eigenvalue weighted by molar-refractivity contribution is -0.142. The van der Waals surface area contributed by atoms with Crippen molar-refractivity contribution in [3.8, 4) is 5.75 Å². The van der Waals surface area contributed by atoms with Crippen molar-refractivity contribution in [2.24, 2.45) is 0 Å². The van der Waals surface area contributed by atoms with Crippen molar-refractivity contribution < 1.29 is 19.1 Å². The molecule has 0 heterocycles. The molecule has 2 rings (SSSR count). The van der Waals surface area contributed by atoms with Gasteiger partial charge in [-0.3, -0.25) is 4.79 Å². The second-order valence-electron chi connectivity index (χ2n) is 5.55. The summed E-state index contributed by atoms with van der Waals surface area (Å²) in [6.07, 6.45) is 2.97. The minimum absolute atomic E-state index is 0.367. The molecule has 0 fully saturated rings. The van der Waals surface area contributed by atoms with Crippen molar-refractivity contribution >= 4 is 23.6 Å². The zero-order chi connectivity index (χ0) is 18.2. The number of nitrogens with one attached hydrogen (secondary N) is 1. The number of aryl methyl sites for hydroxylation is 2. The Morgan fingerprint density at radius 1 is 1.12 bits per heavy atom. The van der Waals surface area contributed by atoms with Gasteiger partial charge < -0.3 is 14.8 Å². The predicted octanol–water partition coefficient (Wildman–Crippen LogP) is 3.51. The molecule has 25 heavy (non-hydrogen) atoms. The van der Waals surface area contributed by atoms with E-state index in [-0.39, 0.29) is 6.61 Å². The quantitative estimate of drug-likeness (QED) is 0.646. The Bertz CT molecular complexity index is 796. The fourth-order valence-electron chi connectivity index (χ4n) is 2.22. The van der Waals surface area contributed by atoms with Gasteiger partial charge in [-0.25, -0.2) is 4.79 Å². The number of esters is 1. The third kappa shape index (κ3) is 5.49. The van der Waals surface area contributed by atoms with Gasteiger partial charge in [-0.15, -0.1) is 0 Å². The molecule has 0 aliphatic rings. The average Bonchev–Trinajstić information content (AvgIpc) is 2.59. The Labute approximate surface area is 147 Å². The standard InChI is InChI=1S/C20H21NO4/c1-14-8-10-18(24-3)17(12-14)21-19(22)13-25-20(23)11-9-16-7-5-4-6-15(16)2/h4-12H,13H2,1-3H3,(H,21,22)/b11-9+. The Hall–Kier alpha value is -3.08. The zero-order valence-electron chi connectivity index (χ0n) is 14.5. The van der Waals surface area contributed by atoms with Crippen LogP contribution in [0.25, 0.3) is 6.08 Å². The van der Waals surface area contributed by atoms with Crippen LogP contribution < -0.4 is 10.1 Å². The molecule has 5 heteroatoms. The summed E-state index contributed by atoms with van der Waals surface area (Å²) in [6.45, 7) is 3.49. The molecular formula is C20H21NO4. The lowest BCUT2D eigenvalue weighted by atomic mass is 10.1. The molecule has 2 aromatic rings. The maximum atomic E-state index is 12.0. The first-order chi connectivity index (χ1) is 12.0. The van der Waals surface area contributed by atoms with Crippen molar-refractivity contribution in [3.63, 3.8) is 0 Å². The Morgan fingerprint density at radius 2 is 1.88 bits per heavy atom. The van der Waals surface area contributed by atoms with Gasteiger partial charge in [0.1, 0.15) is 5.75 Å². The van der Waals surface area contributed by atoms with Gasteiger partial charge in [0, 0.05) is 6.08 Å². The minimum Gasteiger partial charge on any atom is -0.495 e. The van der Waals surface area contributed by atoms with Crippen LogP contribution in [0.15, 0.2) is 48.5 Å². The largest absolute Gasteiger partial charge is 0.495 e. The molecule has 0 bridgehead atoms. The molecule has 1 N–H and O–H groups in total. The SMILES string of the molecule is COc1ccc(C)cc1NC(=O)COC(=O)/C=C/c1ccccc1C. The summed E-state index contributed by atoms with van der Waals surface area (Å²) in [5.74, 6) is -0.458. The molecule has 0 unspecified atom stereocenters. The van der Waals surface area contributed by atoms with Crippen LogP contribution in [0.5, 0.6) is 5.75 Å². The first kappa shape index (κ1) is 18.3. The summed E-state index contributed by atoms with van der Waals surface area (Å²) in [6, 6.07) is 13.1. The average molecular weight is 339 g/mol. The number of carbonyl (C=O) groups excluding carboxylic acids is 2. The maximum absolute atomic E-state index is 12.0. The molecule has 1 amide bonds. The van der Waals surface area contributed by atoms with Crippen LogP contribution in [0.3, 0.4) is 0 Å². The van der Waals surface area contributed by atoms with E-state index in [1.54, 1.807) is 18.2 Å². The molecule has 0 aliphatic heterocycles. The topological polar surface area (TPSA) is 64.6 Å². The van der Waals surface area contributed by atoms with E-state index in [4.69, 9.17) is 9.47 Å². The number of amides is 1. The van der Waals surface area contributed by atoms with E-state index in [1.165, 1.54) is 13.2 Å². The number of rotatable bonds is 6. The van der Waals surface area contributed by atoms with Crippen LogP contribution in [0.4, 0.5) is 5.69 Å². The third-order valence-electron chi connectivity index (χ3n) is 3.56. The normalized spacial score (nSPS) is 10.5. The number of hydrogen-bond acceptors (Lipinski definition) is 4. The number of carbonyl (C=O) groups is 2. The van der Waals surface area contributed by atoms with Crippen molar-refractivity contribution in [2.75, 3.05) is 19.0 Å². The first-order valence-electron chi connectivity index (χ1n) is 7.84. The van der Waals surface area contributed by atoms with Crippen molar-refractivity contribution in [1.82, 2.24) is 0 Å². The zero-order valence-corrected chi connectivity index (χ0v) is 14.5. The third-order valence-corrected chi connectivity index (χ3v) is 3.56. The molecule has 0 spiro atoms. The van der Waals surface area contributed by atoms with E-state index < -0.39 is 11.9 Å². The van der Waals surface area contributed by atoms with Crippen LogP contribution in [-0.2, 0) is 14.3 Å². The summed E-state index contributed by atoms with van der Waals surface area (Å²) in [5, 5.41) is 2.68. The summed E-state index contributed by atoms with van der Waals surface area (Å²) >= 11 is 0. The van der Waals surface area contributed by atoms with E-state index >= 15 is 0 Å². The highest BCUT2D eigenvalue weighted by molar-refractivity contribution is 5.95. The monoisotopic (exact) mass is 339 g/mol. The van der Waals surface area contributed by atoms with Crippen LogP contribution >= 0.6 is 0 Å². The van der Waals surface area contributed by atoms with Gasteiger partial charge >= 0.3 is 5.97 Å². The molecule has 0 aliphatic carbocycles. The number of benzene rings is 2. The van der Waals surface area contributed by atoms with Crippen LogP contribution in [-0.4, -0.2) is 25.6 Å². The van der Waals surface area contributed by atoms with Gasteiger partial charge in [0.15, 0.2) is 6.61 Å². The van der Waals surface area contributed by atoms with E-state index in [1.807, 2.05) is 44.2 Å². The lowest BCUT2D eigenvalue weighted by Gasteiger charge is -2.10.